The highest BCUT2D eigenvalue weighted by atomic mass is 35.5. The molecule has 1 aromatic rings. The molecule has 1 aromatic heterocycles. The third-order valence-corrected chi connectivity index (χ3v) is 4.55. The first-order valence-corrected chi connectivity index (χ1v) is 9.84. The number of rotatable bonds is 14. The first kappa shape index (κ1) is 22.4. The summed E-state index contributed by atoms with van der Waals surface area (Å²) >= 11 is 0. The molecule has 0 saturated heterocycles. The Morgan fingerprint density at radius 2 is 1.13 bits per heavy atom. The van der Waals surface area contributed by atoms with E-state index >= 15 is 0 Å². The molecule has 0 aliphatic carbocycles. The van der Waals surface area contributed by atoms with Crippen LogP contribution in [0.3, 0.4) is 0 Å². The summed E-state index contributed by atoms with van der Waals surface area (Å²) in [6.07, 6.45) is 22.5. The lowest BCUT2D eigenvalue weighted by atomic mass is 10.1. The van der Waals surface area contributed by atoms with E-state index in [-0.39, 0.29) is 12.4 Å². The van der Waals surface area contributed by atoms with Crippen LogP contribution in [0.5, 0.6) is 0 Å². The number of nitrogens with zero attached hydrogens (tertiary/aromatic N) is 1. The van der Waals surface area contributed by atoms with Gasteiger partial charge in [0.25, 0.3) is 0 Å². The number of pyridine rings is 1. The highest BCUT2D eigenvalue weighted by Crippen LogP contribution is 2.10. The fourth-order valence-corrected chi connectivity index (χ4v) is 2.97. The molecule has 1 heterocycles. The molecule has 0 aromatic carbocycles. The minimum Gasteiger partial charge on any atom is -1.00 e. The summed E-state index contributed by atoms with van der Waals surface area (Å²) in [5.74, 6) is 0. The Morgan fingerprint density at radius 3 is 1.65 bits per heavy atom. The van der Waals surface area contributed by atoms with Crippen molar-refractivity contribution in [3.63, 3.8) is 0 Å². The van der Waals surface area contributed by atoms with E-state index in [9.17, 15) is 0 Å². The standard InChI is InChI=1S/C21H38N.ClH/c1-3-5-7-8-9-10-11-12-13-14-18-22-19-16-21(17-20-22)15-6-4-2;/h16-17,19-20H,3-15,18H2,1-2H3;1H/q+1;/p-1. The zero-order valence-electron chi connectivity index (χ0n) is 15.5. The van der Waals surface area contributed by atoms with Gasteiger partial charge in [-0.25, -0.2) is 4.57 Å². The Kier molecular flexibility index (Phi) is 15.9. The summed E-state index contributed by atoms with van der Waals surface area (Å²) < 4.78 is 2.35. The number of hydrogen-bond donors (Lipinski definition) is 0. The van der Waals surface area contributed by atoms with Crippen molar-refractivity contribution in [2.45, 2.75) is 104 Å². The minimum absolute atomic E-state index is 0. The average molecular weight is 340 g/mol. The van der Waals surface area contributed by atoms with Crippen molar-refractivity contribution in [3.05, 3.63) is 30.1 Å². The first-order chi connectivity index (χ1) is 10.9. The van der Waals surface area contributed by atoms with Gasteiger partial charge in [0, 0.05) is 18.6 Å². The van der Waals surface area contributed by atoms with Crippen LogP contribution in [0.15, 0.2) is 24.5 Å². The lowest BCUT2D eigenvalue weighted by Gasteiger charge is -2.02. The Hall–Kier alpha value is -0.560. The smallest absolute Gasteiger partial charge is 0.169 e. The summed E-state index contributed by atoms with van der Waals surface area (Å²) in [5, 5.41) is 0. The largest absolute Gasteiger partial charge is 1.00 e. The van der Waals surface area contributed by atoms with Crippen LogP contribution in [-0.2, 0) is 13.0 Å². The third kappa shape index (κ3) is 12.5. The van der Waals surface area contributed by atoms with Crippen LogP contribution in [0.2, 0.25) is 0 Å². The van der Waals surface area contributed by atoms with Gasteiger partial charge in [-0.1, -0.05) is 71.6 Å². The summed E-state index contributed by atoms with van der Waals surface area (Å²) in [6, 6.07) is 4.60. The number of halogens is 1. The topological polar surface area (TPSA) is 3.88 Å². The van der Waals surface area contributed by atoms with Crippen molar-refractivity contribution < 1.29 is 17.0 Å². The second-order valence-corrected chi connectivity index (χ2v) is 6.73. The fraction of sp³-hybridized carbons (Fsp3) is 0.762. The molecule has 0 N–H and O–H groups in total. The molecule has 2 heteroatoms. The maximum absolute atomic E-state index is 2.35. The van der Waals surface area contributed by atoms with Gasteiger partial charge in [0.2, 0.25) is 0 Å². The second kappa shape index (κ2) is 16.3. The Morgan fingerprint density at radius 1 is 0.652 bits per heavy atom. The Balaban J connectivity index is 0.00000484. The van der Waals surface area contributed by atoms with Crippen LogP contribution >= 0.6 is 0 Å². The molecule has 0 spiro atoms. The number of unbranched alkanes of at least 4 members (excludes halogenated alkanes) is 10. The lowest BCUT2D eigenvalue weighted by Crippen LogP contribution is -3.00. The van der Waals surface area contributed by atoms with E-state index in [1.807, 2.05) is 0 Å². The predicted octanol–water partition coefficient (Wildman–Crippen LogP) is 3.24. The molecule has 0 amide bonds. The van der Waals surface area contributed by atoms with Gasteiger partial charge in [-0.15, -0.1) is 0 Å². The van der Waals surface area contributed by atoms with E-state index in [1.165, 1.54) is 95.6 Å². The molecular weight excluding hydrogens is 302 g/mol. The van der Waals surface area contributed by atoms with Crippen LogP contribution in [0, 0.1) is 0 Å². The van der Waals surface area contributed by atoms with Gasteiger partial charge in [-0.2, -0.15) is 0 Å². The molecule has 0 fully saturated rings. The van der Waals surface area contributed by atoms with Crippen LogP contribution in [0.1, 0.15) is 96.5 Å². The zero-order valence-corrected chi connectivity index (χ0v) is 16.3. The van der Waals surface area contributed by atoms with E-state index < -0.39 is 0 Å². The minimum atomic E-state index is 0. The van der Waals surface area contributed by atoms with E-state index in [2.05, 4.69) is 42.9 Å². The van der Waals surface area contributed by atoms with Crippen LogP contribution < -0.4 is 17.0 Å². The van der Waals surface area contributed by atoms with Gasteiger partial charge in [0.15, 0.2) is 12.4 Å². The highest BCUT2D eigenvalue weighted by molar-refractivity contribution is 5.06. The number of aromatic nitrogens is 1. The molecule has 0 bridgehead atoms. The van der Waals surface area contributed by atoms with Crippen molar-refractivity contribution in [2.75, 3.05) is 0 Å². The normalized spacial score (nSPS) is 10.5. The van der Waals surface area contributed by atoms with E-state index in [0.717, 1.165) is 0 Å². The van der Waals surface area contributed by atoms with Crippen molar-refractivity contribution >= 4 is 0 Å². The fourth-order valence-electron chi connectivity index (χ4n) is 2.97. The molecule has 0 aliphatic heterocycles. The summed E-state index contributed by atoms with van der Waals surface area (Å²) in [5.41, 5.74) is 1.49. The molecule has 0 atom stereocenters. The van der Waals surface area contributed by atoms with Gasteiger partial charge in [-0.3, -0.25) is 0 Å². The quantitative estimate of drug-likeness (QED) is 0.362. The van der Waals surface area contributed by atoms with E-state index in [1.54, 1.807) is 0 Å². The molecule has 0 saturated carbocycles. The maximum atomic E-state index is 2.35. The predicted molar refractivity (Wildman–Crippen MR) is 97.1 cm³/mol. The maximum Gasteiger partial charge on any atom is 0.169 e. The number of hydrogen-bond acceptors (Lipinski definition) is 0. The van der Waals surface area contributed by atoms with Gasteiger partial charge in [0.1, 0.15) is 6.54 Å². The van der Waals surface area contributed by atoms with Gasteiger partial charge >= 0.3 is 0 Å². The van der Waals surface area contributed by atoms with E-state index in [0.29, 0.717) is 0 Å². The van der Waals surface area contributed by atoms with Crippen molar-refractivity contribution in [2.24, 2.45) is 0 Å². The van der Waals surface area contributed by atoms with Crippen LogP contribution in [0.4, 0.5) is 0 Å². The third-order valence-electron chi connectivity index (χ3n) is 4.55. The summed E-state index contributed by atoms with van der Waals surface area (Å²) in [7, 11) is 0. The molecule has 0 aliphatic rings. The monoisotopic (exact) mass is 339 g/mol. The van der Waals surface area contributed by atoms with E-state index in [4.69, 9.17) is 0 Å². The van der Waals surface area contributed by atoms with Crippen molar-refractivity contribution in [1.82, 2.24) is 0 Å². The number of aryl methyl sites for hydroxylation is 2. The summed E-state index contributed by atoms with van der Waals surface area (Å²) in [6.45, 7) is 5.73. The molecule has 1 rings (SSSR count). The molecule has 1 nitrogen and oxygen atoms in total. The Labute approximate surface area is 151 Å². The van der Waals surface area contributed by atoms with Crippen molar-refractivity contribution in [3.8, 4) is 0 Å². The van der Waals surface area contributed by atoms with Gasteiger partial charge < -0.3 is 12.4 Å². The van der Waals surface area contributed by atoms with Gasteiger partial charge in [-0.05, 0) is 24.8 Å². The highest BCUT2D eigenvalue weighted by Gasteiger charge is 2.01. The lowest BCUT2D eigenvalue weighted by molar-refractivity contribution is -0.697. The molecule has 0 unspecified atom stereocenters. The van der Waals surface area contributed by atoms with Crippen molar-refractivity contribution in [1.29, 1.82) is 0 Å². The SMILES string of the molecule is CCCCCCCCCCCC[n+]1ccc(CCCC)cc1.[Cl-]. The van der Waals surface area contributed by atoms with Crippen LogP contribution in [0.25, 0.3) is 0 Å². The summed E-state index contributed by atoms with van der Waals surface area (Å²) in [4.78, 5) is 0. The molecule has 23 heavy (non-hydrogen) atoms. The van der Waals surface area contributed by atoms with Crippen LogP contribution in [-0.4, -0.2) is 0 Å². The second-order valence-electron chi connectivity index (χ2n) is 6.73. The average Bonchev–Trinajstić information content (AvgIpc) is 2.56. The Bertz CT molecular complexity index is 347. The molecular formula is C21H38ClN. The van der Waals surface area contributed by atoms with Gasteiger partial charge in [0.05, 0.1) is 0 Å². The zero-order chi connectivity index (χ0) is 15.9. The molecule has 0 radical (unpaired) electrons. The first-order valence-electron chi connectivity index (χ1n) is 9.84. The molecule has 134 valence electrons.